The normalized spacial score (nSPS) is 16.1. The number of benzene rings is 1. The Bertz CT molecular complexity index is 1150. The number of aryl methyl sites for hydroxylation is 1. The highest BCUT2D eigenvalue weighted by molar-refractivity contribution is 5.97. The quantitative estimate of drug-likeness (QED) is 0.609. The van der Waals surface area contributed by atoms with Gasteiger partial charge >= 0.3 is 0 Å². The van der Waals surface area contributed by atoms with Crippen LogP contribution >= 0.6 is 0 Å². The lowest BCUT2D eigenvalue weighted by Crippen LogP contribution is -2.49. The number of para-hydroxylation sites is 2. The third-order valence-electron chi connectivity index (χ3n) is 5.90. The van der Waals surface area contributed by atoms with Crippen LogP contribution in [0.2, 0.25) is 0 Å². The first kappa shape index (κ1) is 20.2. The predicted molar refractivity (Wildman–Crippen MR) is 118 cm³/mol. The van der Waals surface area contributed by atoms with Crippen molar-refractivity contribution in [3.05, 3.63) is 42.4 Å². The van der Waals surface area contributed by atoms with E-state index in [1.54, 1.807) is 9.42 Å². The van der Waals surface area contributed by atoms with Gasteiger partial charge in [-0.1, -0.05) is 12.1 Å². The van der Waals surface area contributed by atoms with Gasteiger partial charge in [0.05, 0.1) is 12.2 Å². The lowest BCUT2D eigenvalue weighted by Gasteiger charge is -2.36. The molecule has 1 fully saturated rings. The van der Waals surface area contributed by atoms with E-state index in [0.29, 0.717) is 50.9 Å². The molecule has 10 nitrogen and oxygen atoms in total. The molecule has 10 heteroatoms. The summed E-state index contributed by atoms with van der Waals surface area (Å²) < 4.78 is 7.34. The van der Waals surface area contributed by atoms with Crippen LogP contribution in [0.15, 0.2) is 36.7 Å². The first-order valence-electron chi connectivity index (χ1n) is 10.8. The van der Waals surface area contributed by atoms with Crippen LogP contribution in [0.3, 0.4) is 0 Å². The van der Waals surface area contributed by atoms with E-state index >= 15 is 0 Å². The van der Waals surface area contributed by atoms with Crippen LogP contribution in [-0.4, -0.2) is 75.6 Å². The summed E-state index contributed by atoms with van der Waals surface area (Å²) in [7, 11) is 0. The summed E-state index contributed by atoms with van der Waals surface area (Å²) in [4.78, 5) is 39.9. The zero-order valence-electron chi connectivity index (χ0n) is 18.0. The highest BCUT2D eigenvalue weighted by atomic mass is 16.5. The van der Waals surface area contributed by atoms with E-state index in [9.17, 15) is 9.59 Å². The monoisotopic (exact) mass is 435 g/mol. The molecule has 2 amide bonds. The van der Waals surface area contributed by atoms with Crippen molar-refractivity contribution in [1.29, 1.82) is 0 Å². The minimum absolute atomic E-state index is 0.0105. The van der Waals surface area contributed by atoms with Crippen LogP contribution < -0.4 is 14.5 Å². The molecule has 0 radical (unpaired) electrons. The summed E-state index contributed by atoms with van der Waals surface area (Å²) in [6, 6.07) is 9.49. The molecule has 2 aliphatic rings. The molecule has 1 saturated heterocycles. The van der Waals surface area contributed by atoms with Crippen molar-refractivity contribution in [2.45, 2.75) is 19.8 Å². The third kappa shape index (κ3) is 3.83. The minimum atomic E-state index is -0.0476. The van der Waals surface area contributed by atoms with Crippen LogP contribution in [0.5, 0.6) is 5.75 Å². The molecule has 5 rings (SSSR count). The molecule has 0 saturated carbocycles. The number of hydrogen-bond acceptors (Lipinski definition) is 7. The number of nitrogens with zero attached hydrogens (tertiary/aromatic N) is 7. The van der Waals surface area contributed by atoms with Gasteiger partial charge in [-0.25, -0.2) is 4.98 Å². The van der Waals surface area contributed by atoms with Gasteiger partial charge in [0.15, 0.2) is 0 Å². The van der Waals surface area contributed by atoms with Crippen molar-refractivity contribution in [3.63, 3.8) is 0 Å². The zero-order valence-corrected chi connectivity index (χ0v) is 18.0. The molecule has 4 heterocycles. The summed E-state index contributed by atoms with van der Waals surface area (Å²) in [5.41, 5.74) is 1.65. The van der Waals surface area contributed by atoms with Crippen molar-refractivity contribution in [3.8, 4) is 5.75 Å². The first-order valence-corrected chi connectivity index (χ1v) is 10.8. The molecule has 0 unspecified atom stereocenters. The summed E-state index contributed by atoms with van der Waals surface area (Å²) in [6.45, 7) is 5.48. The molecule has 0 N–H and O–H groups in total. The molecule has 0 spiro atoms. The smallest absolute Gasteiger partial charge is 0.254 e. The van der Waals surface area contributed by atoms with Gasteiger partial charge in [-0.3, -0.25) is 9.59 Å². The number of aromatic nitrogens is 4. The largest absolute Gasteiger partial charge is 0.490 e. The van der Waals surface area contributed by atoms with Gasteiger partial charge in [0.25, 0.3) is 5.78 Å². The average molecular weight is 435 g/mol. The predicted octanol–water partition coefficient (Wildman–Crippen LogP) is 1.29. The van der Waals surface area contributed by atoms with Crippen LogP contribution in [0.25, 0.3) is 5.78 Å². The van der Waals surface area contributed by atoms with Crippen molar-refractivity contribution < 1.29 is 14.3 Å². The van der Waals surface area contributed by atoms with Gasteiger partial charge in [-0.2, -0.15) is 14.6 Å². The second kappa shape index (κ2) is 8.45. The molecular formula is C22H25N7O3. The fraction of sp³-hybridized carbons (Fsp3) is 0.409. The maximum atomic E-state index is 12.8. The van der Waals surface area contributed by atoms with Crippen LogP contribution in [0.4, 0.5) is 11.5 Å². The van der Waals surface area contributed by atoms with E-state index < -0.39 is 0 Å². The van der Waals surface area contributed by atoms with Gasteiger partial charge in [0.2, 0.25) is 11.8 Å². The van der Waals surface area contributed by atoms with E-state index in [1.165, 1.54) is 6.33 Å². The number of amides is 2. The van der Waals surface area contributed by atoms with Crippen molar-refractivity contribution in [2.24, 2.45) is 0 Å². The molecule has 2 aliphatic heterocycles. The fourth-order valence-corrected chi connectivity index (χ4v) is 4.26. The van der Waals surface area contributed by atoms with Crippen LogP contribution in [0.1, 0.15) is 18.5 Å². The summed E-state index contributed by atoms with van der Waals surface area (Å²) in [5, 5.41) is 4.27. The highest BCUT2D eigenvalue weighted by Gasteiger charge is 2.26. The number of rotatable bonds is 4. The average Bonchev–Trinajstić information content (AvgIpc) is 3.30. The Balaban J connectivity index is 1.17. The highest BCUT2D eigenvalue weighted by Crippen LogP contribution is 2.31. The zero-order chi connectivity index (χ0) is 22.1. The van der Waals surface area contributed by atoms with Gasteiger partial charge in [-0.05, 0) is 19.1 Å². The maximum Gasteiger partial charge on any atom is 0.254 e. The van der Waals surface area contributed by atoms with Crippen molar-refractivity contribution in [1.82, 2.24) is 24.5 Å². The molecule has 2 aromatic heterocycles. The molecule has 0 atom stereocenters. The summed E-state index contributed by atoms with van der Waals surface area (Å²) in [6.07, 6.45) is 1.89. The molecule has 0 bridgehead atoms. The molecule has 166 valence electrons. The Morgan fingerprint density at radius 3 is 2.66 bits per heavy atom. The lowest BCUT2D eigenvalue weighted by molar-refractivity contribution is -0.133. The Hall–Kier alpha value is -3.69. The number of anilines is 2. The van der Waals surface area contributed by atoms with Gasteiger partial charge in [0, 0.05) is 50.8 Å². The third-order valence-corrected chi connectivity index (χ3v) is 5.90. The Labute approximate surface area is 185 Å². The number of carbonyl (C=O) groups is 2. The Morgan fingerprint density at radius 2 is 1.81 bits per heavy atom. The standard InChI is InChI=1S/C22H25N7O3/c1-16-14-19(29-22(25-16)23-15-24-29)26-8-10-27(11-9-26)20(30)6-7-21(31)28-12-13-32-18-5-3-2-4-17(18)28/h2-5,14-15H,6-13H2,1H3. The van der Waals surface area contributed by atoms with Crippen LogP contribution in [-0.2, 0) is 9.59 Å². The molecule has 3 aromatic rings. The second-order valence-electron chi connectivity index (χ2n) is 7.96. The number of piperazine rings is 1. The van der Waals surface area contributed by atoms with E-state index in [-0.39, 0.29) is 24.7 Å². The first-order chi connectivity index (χ1) is 15.6. The number of hydrogen-bond donors (Lipinski definition) is 0. The topological polar surface area (TPSA) is 96.2 Å². The molecule has 0 aliphatic carbocycles. The lowest BCUT2D eigenvalue weighted by atomic mass is 10.2. The van der Waals surface area contributed by atoms with E-state index in [2.05, 4.69) is 20.0 Å². The van der Waals surface area contributed by atoms with Crippen LogP contribution in [0, 0.1) is 6.92 Å². The van der Waals surface area contributed by atoms with E-state index in [0.717, 1.165) is 17.2 Å². The molecular weight excluding hydrogens is 410 g/mol. The summed E-state index contributed by atoms with van der Waals surface area (Å²) in [5.74, 6) is 2.17. The minimum Gasteiger partial charge on any atom is -0.490 e. The Kier molecular flexibility index (Phi) is 5.34. The van der Waals surface area contributed by atoms with Crippen molar-refractivity contribution in [2.75, 3.05) is 49.1 Å². The molecule has 32 heavy (non-hydrogen) atoms. The Morgan fingerprint density at radius 1 is 1.03 bits per heavy atom. The van der Waals surface area contributed by atoms with Gasteiger partial charge in [-0.15, -0.1) is 0 Å². The molecule has 1 aromatic carbocycles. The van der Waals surface area contributed by atoms with E-state index in [4.69, 9.17) is 4.74 Å². The second-order valence-corrected chi connectivity index (χ2v) is 7.96. The van der Waals surface area contributed by atoms with Crippen molar-refractivity contribution >= 4 is 29.1 Å². The summed E-state index contributed by atoms with van der Waals surface area (Å²) >= 11 is 0. The SMILES string of the molecule is Cc1cc(N2CCN(C(=O)CCC(=O)N3CCOc4ccccc43)CC2)n2ncnc2n1. The fourth-order valence-electron chi connectivity index (χ4n) is 4.26. The number of fused-ring (bicyclic) bond motifs is 2. The van der Waals surface area contributed by atoms with E-state index in [1.807, 2.05) is 42.2 Å². The number of ether oxygens (including phenoxy) is 1. The van der Waals surface area contributed by atoms with Gasteiger partial charge < -0.3 is 19.4 Å². The maximum absolute atomic E-state index is 12.8. The number of carbonyl (C=O) groups excluding carboxylic acids is 2. The van der Waals surface area contributed by atoms with Gasteiger partial charge in [0.1, 0.15) is 24.5 Å².